The van der Waals surface area contributed by atoms with Crippen LogP contribution in [0.4, 0.5) is 5.82 Å². The Balaban J connectivity index is 1.26. The average Bonchev–Trinajstić information content (AvgIpc) is 3.48. The Morgan fingerprint density at radius 2 is 1.83 bits per heavy atom. The van der Waals surface area contributed by atoms with Crippen LogP contribution in [0.1, 0.15) is 5.56 Å². The summed E-state index contributed by atoms with van der Waals surface area (Å²) in [5.74, 6) is 1.22. The zero-order valence-electron chi connectivity index (χ0n) is 19.9. The van der Waals surface area contributed by atoms with Gasteiger partial charge in [-0.3, -0.25) is 9.08 Å². The third kappa shape index (κ3) is 5.52. The first-order chi connectivity index (χ1) is 17.3. The van der Waals surface area contributed by atoms with Crippen LogP contribution >= 0.6 is 0 Å². The van der Waals surface area contributed by atoms with Crippen LogP contribution in [0.5, 0.6) is 5.75 Å². The summed E-state index contributed by atoms with van der Waals surface area (Å²) in [6, 6.07) is 13.7. The molecule has 0 radical (unpaired) electrons. The van der Waals surface area contributed by atoms with Crippen molar-refractivity contribution in [2.45, 2.75) is 6.54 Å². The maximum Gasteiger partial charge on any atom is 0.150 e. The molecule has 0 saturated carbocycles. The maximum atomic E-state index is 11.3. The molecule has 0 aliphatic carbocycles. The Hall–Kier alpha value is -4.25. The molecule has 0 fully saturated rings. The minimum atomic E-state index is -3.08. The quantitative estimate of drug-likeness (QED) is 0.326. The highest BCUT2D eigenvalue weighted by Crippen LogP contribution is 2.24. The van der Waals surface area contributed by atoms with Crippen LogP contribution < -0.4 is 10.1 Å². The number of nitrogens with zero attached hydrogens (tertiary/aromatic N) is 6. The molecule has 1 N–H and O–H groups in total. The lowest BCUT2D eigenvalue weighted by Crippen LogP contribution is -2.12. The number of nitrogens with one attached hydrogen (secondary N) is 1. The lowest BCUT2D eigenvalue weighted by Gasteiger charge is -2.09. The monoisotopic (exact) mass is 503 g/mol. The number of rotatable bonds is 9. The van der Waals surface area contributed by atoms with E-state index in [1.165, 1.54) is 12.6 Å². The minimum absolute atomic E-state index is 0.0385. The highest BCUT2D eigenvalue weighted by molar-refractivity contribution is 7.90. The second-order valence-corrected chi connectivity index (χ2v) is 10.7. The molecule has 36 heavy (non-hydrogen) atoms. The largest absolute Gasteiger partial charge is 0.492 e. The lowest BCUT2D eigenvalue weighted by atomic mass is 10.1. The zero-order chi connectivity index (χ0) is 25.1. The van der Waals surface area contributed by atoms with Gasteiger partial charge in [-0.25, -0.2) is 23.4 Å². The second-order valence-electron chi connectivity index (χ2n) is 8.45. The third-order valence-electron chi connectivity index (χ3n) is 5.60. The molecule has 4 aromatic heterocycles. The molecular formula is C25H25N7O3S. The molecule has 0 aliphatic rings. The zero-order valence-corrected chi connectivity index (χ0v) is 20.7. The number of sulfone groups is 1. The summed E-state index contributed by atoms with van der Waals surface area (Å²) in [5.41, 5.74) is 5.52. The standard InChI is InChI=1S/C25H25N7O3S/c1-31-16-20(14-30-31)19-5-3-18(4-6-19)13-26-24-12-22(28-17-29-24)23-15-27-25-11-21(7-8-32(23)25)35-9-10-36(2,33)34/h3-8,11-12,14-17H,9-10,13H2,1-2H3,(H,26,28,29). The van der Waals surface area contributed by atoms with Crippen molar-refractivity contribution in [1.82, 2.24) is 29.1 Å². The number of benzene rings is 1. The van der Waals surface area contributed by atoms with Crippen LogP contribution in [0, 0.1) is 0 Å². The second kappa shape index (κ2) is 9.78. The number of hydrogen-bond acceptors (Lipinski definition) is 8. The normalized spacial score (nSPS) is 11.6. The van der Waals surface area contributed by atoms with E-state index < -0.39 is 9.84 Å². The molecule has 10 nitrogen and oxygen atoms in total. The van der Waals surface area contributed by atoms with Crippen molar-refractivity contribution < 1.29 is 13.2 Å². The fraction of sp³-hybridized carbons (Fsp3) is 0.200. The van der Waals surface area contributed by atoms with Crippen LogP contribution in [0.3, 0.4) is 0 Å². The van der Waals surface area contributed by atoms with E-state index in [0.29, 0.717) is 23.8 Å². The number of aryl methyl sites for hydroxylation is 1. The molecule has 4 heterocycles. The minimum Gasteiger partial charge on any atom is -0.492 e. The topological polar surface area (TPSA) is 116 Å². The Morgan fingerprint density at radius 1 is 1.00 bits per heavy atom. The summed E-state index contributed by atoms with van der Waals surface area (Å²) >= 11 is 0. The van der Waals surface area contributed by atoms with Gasteiger partial charge in [-0.15, -0.1) is 0 Å². The van der Waals surface area contributed by atoms with E-state index in [2.05, 4.69) is 49.6 Å². The number of ether oxygens (including phenoxy) is 1. The summed E-state index contributed by atoms with van der Waals surface area (Å²) in [6.45, 7) is 0.709. The molecule has 0 unspecified atom stereocenters. The van der Waals surface area contributed by atoms with E-state index in [-0.39, 0.29) is 12.4 Å². The Kier molecular flexibility index (Phi) is 6.38. The fourth-order valence-electron chi connectivity index (χ4n) is 3.72. The number of hydrogen-bond donors (Lipinski definition) is 1. The average molecular weight is 504 g/mol. The highest BCUT2D eigenvalue weighted by Gasteiger charge is 2.10. The summed E-state index contributed by atoms with van der Waals surface area (Å²) in [6.07, 6.45) is 10.1. The molecular weight excluding hydrogens is 478 g/mol. The van der Waals surface area contributed by atoms with Gasteiger partial charge in [0, 0.05) is 49.9 Å². The molecule has 0 atom stereocenters. The van der Waals surface area contributed by atoms with Gasteiger partial charge in [0.05, 0.1) is 29.5 Å². The highest BCUT2D eigenvalue weighted by atomic mass is 32.2. The molecule has 0 aliphatic heterocycles. The number of aromatic nitrogens is 6. The van der Waals surface area contributed by atoms with Gasteiger partial charge in [-0.1, -0.05) is 24.3 Å². The Bertz CT molecular complexity index is 1610. The first-order valence-electron chi connectivity index (χ1n) is 11.3. The molecule has 184 valence electrons. The number of fused-ring (bicyclic) bond motifs is 1. The third-order valence-corrected chi connectivity index (χ3v) is 6.51. The Labute approximate surface area is 208 Å². The van der Waals surface area contributed by atoms with Crippen molar-refractivity contribution in [3.63, 3.8) is 0 Å². The first-order valence-corrected chi connectivity index (χ1v) is 13.3. The fourth-order valence-corrected chi connectivity index (χ4v) is 4.11. The molecule has 0 saturated heterocycles. The van der Waals surface area contributed by atoms with Gasteiger partial charge in [-0.05, 0) is 17.2 Å². The number of pyridine rings is 1. The molecule has 5 rings (SSSR count). The van der Waals surface area contributed by atoms with Crippen LogP contribution in [0.15, 0.2) is 73.6 Å². The molecule has 0 spiro atoms. The Morgan fingerprint density at radius 3 is 2.58 bits per heavy atom. The van der Waals surface area contributed by atoms with E-state index >= 15 is 0 Å². The summed E-state index contributed by atoms with van der Waals surface area (Å²) in [7, 11) is -1.17. The van der Waals surface area contributed by atoms with Crippen molar-refractivity contribution in [1.29, 1.82) is 0 Å². The smallest absolute Gasteiger partial charge is 0.150 e. The van der Waals surface area contributed by atoms with Crippen LogP contribution in [-0.2, 0) is 23.4 Å². The SMILES string of the molecule is Cn1cc(-c2ccc(CNc3cc(-c4cnc5cc(OCCS(C)(=O)=O)ccn45)ncn3)cc2)cn1. The number of imidazole rings is 1. The predicted molar refractivity (Wildman–Crippen MR) is 137 cm³/mol. The van der Waals surface area contributed by atoms with Crippen molar-refractivity contribution >= 4 is 21.3 Å². The van der Waals surface area contributed by atoms with Gasteiger partial charge in [-0.2, -0.15) is 5.10 Å². The van der Waals surface area contributed by atoms with Gasteiger partial charge < -0.3 is 10.1 Å². The molecule has 5 aromatic rings. The predicted octanol–water partition coefficient (Wildman–Crippen LogP) is 3.23. The van der Waals surface area contributed by atoms with Crippen LogP contribution in [-0.4, -0.2) is 56.2 Å². The van der Waals surface area contributed by atoms with Gasteiger partial charge in [0.2, 0.25) is 0 Å². The molecule has 0 bridgehead atoms. The molecule has 11 heteroatoms. The number of anilines is 1. The van der Waals surface area contributed by atoms with Gasteiger partial charge in [0.1, 0.15) is 30.1 Å². The summed E-state index contributed by atoms with van der Waals surface area (Å²) < 4.78 is 31.8. The summed E-state index contributed by atoms with van der Waals surface area (Å²) in [4.78, 5) is 13.2. The molecule has 0 amide bonds. The maximum absolute atomic E-state index is 11.3. The van der Waals surface area contributed by atoms with E-state index in [0.717, 1.165) is 28.1 Å². The van der Waals surface area contributed by atoms with E-state index in [9.17, 15) is 8.42 Å². The van der Waals surface area contributed by atoms with Gasteiger partial charge >= 0.3 is 0 Å². The van der Waals surface area contributed by atoms with Crippen molar-refractivity contribution in [2.75, 3.05) is 23.9 Å². The van der Waals surface area contributed by atoms with Crippen molar-refractivity contribution in [3.8, 4) is 28.3 Å². The van der Waals surface area contributed by atoms with E-state index in [1.54, 1.807) is 23.0 Å². The van der Waals surface area contributed by atoms with Crippen molar-refractivity contribution in [2.24, 2.45) is 7.05 Å². The van der Waals surface area contributed by atoms with Crippen LogP contribution in [0.25, 0.3) is 28.2 Å². The molecule has 1 aromatic carbocycles. The van der Waals surface area contributed by atoms with E-state index in [4.69, 9.17) is 4.74 Å². The van der Waals surface area contributed by atoms with E-state index in [1.807, 2.05) is 36.1 Å². The van der Waals surface area contributed by atoms with Gasteiger partial charge in [0.15, 0.2) is 9.84 Å². The summed E-state index contributed by atoms with van der Waals surface area (Å²) in [5, 5.41) is 7.57. The lowest BCUT2D eigenvalue weighted by molar-refractivity contribution is 0.341. The van der Waals surface area contributed by atoms with Crippen LogP contribution in [0.2, 0.25) is 0 Å². The van der Waals surface area contributed by atoms with Gasteiger partial charge in [0.25, 0.3) is 0 Å². The van der Waals surface area contributed by atoms with Crippen molar-refractivity contribution in [3.05, 3.63) is 79.1 Å². The first kappa shape index (κ1) is 23.5.